The molecule has 20 heavy (non-hydrogen) atoms. The molecule has 0 aromatic heterocycles. The molecule has 1 aliphatic rings. The van der Waals surface area contributed by atoms with Crippen LogP contribution in [0.3, 0.4) is 0 Å². The maximum atomic E-state index is 12.4. The lowest BCUT2D eigenvalue weighted by atomic mass is 10.3. The molecule has 3 N–H and O–H groups in total. The van der Waals surface area contributed by atoms with Crippen LogP contribution in [0.4, 0.5) is 5.69 Å². The van der Waals surface area contributed by atoms with Crippen molar-refractivity contribution in [1.82, 2.24) is 4.72 Å². The summed E-state index contributed by atoms with van der Waals surface area (Å²) in [5.74, 6) is 0.992. The minimum Gasteiger partial charge on any atom is -0.399 e. The van der Waals surface area contributed by atoms with Gasteiger partial charge in [-0.15, -0.1) is 0 Å². The second-order valence-corrected chi connectivity index (χ2v) is 8.45. The highest BCUT2D eigenvalue weighted by Gasteiger charge is 2.31. The predicted molar refractivity (Wildman–Crippen MR) is 85.7 cm³/mol. The number of nitrogen functional groups attached to an aromatic ring is 1. The summed E-state index contributed by atoms with van der Waals surface area (Å²) in [6.07, 6.45) is 2.99. The summed E-state index contributed by atoms with van der Waals surface area (Å²) in [5.41, 5.74) is 6.05. The molecule has 0 saturated heterocycles. The van der Waals surface area contributed by atoms with Gasteiger partial charge in [0.1, 0.15) is 4.90 Å². The zero-order valence-electron chi connectivity index (χ0n) is 11.3. The van der Waals surface area contributed by atoms with Crippen molar-refractivity contribution >= 4 is 39.1 Å². The standard InChI is InChI=1S/C13H19ClN2O2S2/c1-2-19-12-5-3-4-11(12)16-20(17,18)13-7-6-9(15)8-10(13)14/h6-8,11-12,16H,2-5,15H2,1H3. The van der Waals surface area contributed by atoms with E-state index in [1.165, 1.54) is 12.1 Å². The molecule has 0 aliphatic heterocycles. The molecule has 1 aromatic carbocycles. The van der Waals surface area contributed by atoms with Crippen LogP contribution in [-0.4, -0.2) is 25.5 Å². The summed E-state index contributed by atoms with van der Waals surface area (Å²) in [6.45, 7) is 2.09. The highest BCUT2D eigenvalue weighted by Crippen LogP contribution is 2.32. The van der Waals surface area contributed by atoms with Gasteiger partial charge in [0.05, 0.1) is 5.02 Å². The molecule has 112 valence electrons. The van der Waals surface area contributed by atoms with Crippen molar-refractivity contribution in [2.75, 3.05) is 11.5 Å². The Morgan fingerprint density at radius 1 is 1.45 bits per heavy atom. The van der Waals surface area contributed by atoms with Crippen LogP contribution in [0.5, 0.6) is 0 Å². The lowest BCUT2D eigenvalue weighted by Gasteiger charge is -2.20. The number of sulfonamides is 1. The Balaban J connectivity index is 2.18. The fourth-order valence-electron chi connectivity index (χ4n) is 2.47. The number of hydrogen-bond donors (Lipinski definition) is 2. The first kappa shape index (κ1) is 15.9. The van der Waals surface area contributed by atoms with Crippen LogP contribution in [0.25, 0.3) is 0 Å². The molecule has 2 atom stereocenters. The SMILES string of the molecule is CCSC1CCCC1NS(=O)(=O)c1ccc(N)cc1Cl. The van der Waals surface area contributed by atoms with Gasteiger partial charge < -0.3 is 5.73 Å². The van der Waals surface area contributed by atoms with Crippen molar-refractivity contribution in [2.24, 2.45) is 0 Å². The molecule has 0 spiro atoms. The molecule has 0 bridgehead atoms. The smallest absolute Gasteiger partial charge is 0.242 e. The van der Waals surface area contributed by atoms with Gasteiger partial charge in [-0.05, 0) is 36.8 Å². The van der Waals surface area contributed by atoms with Crippen molar-refractivity contribution < 1.29 is 8.42 Å². The van der Waals surface area contributed by atoms with E-state index in [1.54, 1.807) is 6.07 Å². The van der Waals surface area contributed by atoms with Crippen molar-refractivity contribution in [3.63, 3.8) is 0 Å². The van der Waals surface area contributed by atoms with Crippen LogP contribution >= 0.6 is 23.4 Å². The number of rotatable bonds is 5. The number of halogens is 1. The molecule has 0 radical (unpaired) electrons. The minimum atomic E-state index is -3.59. The van der Waals surface area contributed by atoms with Crippen molar-refractivity contribution in [2.45, 2.75) is 42.4 Å². The first-order chi connectivity index (χ1) is 9.44. The number of nitrogens with one attached hydrogen (secondary N) is 1. The Morgan fingerprint density at radius 3 is 2.85 bits per heavy atom. The van der Waals surface area contributed by atoms with Gasteiger partial charge in [0.2, 0.25) is 10.0 Å². The van der Waals surface area contributed by atoms with Gasteiger partial charge in [0, 0.05) is 17.0 Å². The van der Waals surface area contributed by atoms with Crippen LogP contribution in [0.15, 0.2) is 23.1 Å². The Kier molecular flexibility index (Phi) is 5.23. The summed E-state index contributed by atoms with van der Waals surface area (Å²) < 4.78 is 27.6. The third-order valence-corrected chi connectivity index (χ3v) is 6.68. The summed E-state index contributed by atoms with van der Waals surface area (Å²) in [7, 11) is -3.59. The van der Waals surface area contributed by atoms with Gasteiger partial charge >= 0.3 is 0 Å². The highest BCUT2D eigenvalue weighted by atomic mass is 35.5. The lowest BCUT2D eigenvalue weighted by Crippen LogP contribution is -2.38. The maximum Gasteiger partial charge on any atom is 0.242 e. The van der Waals surface area contributed by atoms with Crippen LogP contribution in [0, 0.1) is 0 Å². The van der Waals surface area contributed by atoms with Crippen LogP contribution in [0.2, 0.25) is 5.02 Å². The van der Waals surface area contributed by atoms with Gasteiger partial charge in [-0.1, -0.05) is 24.9 Å². The minimum absolute atomic E-state index is 0.0152. The van der Waals surface area contributed by atoms with E-state index in [0.29, 0.717) is 10.9 Å². The molecule has 0 amide bonds. The van der Waals surface area contributed by atoms with Gasteiger partial charge in [-0.3, -0.25) is 0 Å². The van der Waals surface area contributed by atoms with Gasteiger partial charge in [-0.25, -0.2) is 13.1 Å². The predicted octanol–water partition coefficient (Wildman–Crippen LogP) is 2.87. The number of thioether (sulfide) groups is 1. The van der Waals surface area contributed by atoms with Gasteiger partial charge in [-0.2, -0.15) is 11.8 Å². The number of hydrogen-bond acceptors (Lipinski definition) is 4. The second-order valence-electron chi connectivity index (χ2n) is 4.84. The normalized spacial score (nSPS) is 23.1. The topological polar surface area (TPSA) is 72.2 Å². The molecule has 1 fully saturated rings. The Labute approximate surface area is 129 Å². The van der Waals surface area contributed by atoms with E-state index in [9.17, 15) is 8.42 Å². The van der Waals surface area contributed by atoms with E-state index >= 15 is 0 Å². The number of anilines is 1. The number of benzene rings is 1. The quantitative estimate of drug-likeness (QED) is 0.812. The van der Waals surface area contributed by atoms with Crippen LogP contribution in [0.1, 0.15) is 26.2 Å². The first-order valence-corrected chi connectivity index (χ1v) is 9.54. The molecule has 2 rings (SSSR count). The van der Waals surface area contributed by atoms with Crippen molar-refractivity contribution in [1.29, 1.82) is 0 Å². The summed E-state index contributed by atoms with van der Waals surface area (Å²) in [6, 6.07) is 4.45. The molecule has 7 heteroatoms. The Hall–Kier alpha value is -0.430. The van der Waals surface area contributed by atoms with E-state index < -0.39 is 10.0 Å². The fraction of sp³-hybridized carbons (Fsp3) is 0.538. The monoisotopic (exact) mass is 334 g/mol. The Bertz CT molecular complexity index is 578. The molecule has 1 aromatic rings. The van der Waals surface area contributed by atoms with E-state index in [-0.39, 0.29) is 16.0 Å². The van der Waals surface area contributed by atoms with Crippen LogP contribution in [-0.2, 0) is 10.0 Å². The average Bonchev–Trinajstić information content (AvgIpc) is 2.76. The van der Waals surface area contributed by atoms with Crippen molar-refractivity contribution in [3.8, 4) is 0 Å². The molecule has 1 aliphatic carbocycles. The summed E-state index contributed by atoms with van der Waals surface area (Å²) >= 11 is 7.80. The van der Waals surface area contributed by atoms with Crippen LogP contribution < -0.4 is 10.5 Å². The largest absolute Gasteiger partial charge is 0.399 e. The third kappa shape index (κ3) is 3.61. The first-order valence-electron chi connectivity index (χ1n) is 6.63. The number of nitrogens with two attached hydrogens (primary N) is 1. The lowest BCUT2D eigenvalue weighted by molar-refractivity contribution is 0.555. The summed E-state index contributed by atoms with van der Waals surface area (Å²) in [4.78, 5) is 0.0977. The maximum absolute atomic E-state index is 12.4. The van der Waals surface area contributed by atoms with E-state index in [4.69, 9.17) is 17.3 Å². The van der Waals surface area contributed by atoms with Gasteiger partial charge in [0.15, 0.2) is 0 Å². The molecule has 1 saturated carbocycles. The zero-order chi connectivity index (χ0) is 14.8. The highest BCUT2D eigenvalue weighted by molar-refractivity contribution is 8.00. The summed E-state index contributed by atoms with van der Waals surface area (Å²) in [5, 5.41) is 0.512. The average molecular weight is 335 g/mol. The molecule has 2 unspecified atom stereocenters. The van der Waals surface area contributed by atoms with Gasteiger partial charge in [0.25, 0.3) is 0 Å². The second kappa shape index (κ2) is 6.56. The molecular formula is C13H19ClN2O2S2. The third-order valence-electron chi connectivity index (χ3n) is 3.39. The molecule has 0 heterocycles. The molecule has 4 nitrogen and oxygen atoms in total. The zero-order valence-corrected chi connectivity index (χ0v) is 13.7. The fourth-order valence-corrected chi connectivity index (χ4v) is 5.62. The molecular weight excluding hydrogens is 316 g/mol. The van der Waals surface area contributed by atoms with E-state index in [2.05, 4.69) is 11.6 Å². The van der Waals surface area contributed by atoms with E-state index in [1.807, 2.05) is 11.8 Å². The van der Waals surface area contributed by atoms with E-state index in [0.717, 1.165) is 25.0 Å². The Morgan fingerprint density at radius 2 is 2.20 bits per heavy atom. The van der Waals surface area contributed by atoms with Crippen molar-refractivity contribution in [3.05, 3.63) is 23.2 Å².